The Morgan fingerprint density at radius 1 is 1.00 bits per heavy atom. The molecule has 0 unspecified atom stereocenters. The van der Waals surface area contributed by atoms with Crippen molar-refractivity contribution in [2.24, 2.45) is 0 Å². The lowest BCUT2D eigenvalue weighted by Gasteiger charge is -2.10. The average molecular weight is 415 g/mol. The molecule has 0 fully saturated rings. The second kappa shape index (κ2) is 6.64. The van der Waals surface area contributed by atoms with Crippen molar-refractivity contribution >= 4 is 11.6 Å². The highest BCUT2D eigenvalue weighted by Gasteiger charge is 2.25. The van der Waals surface area contributed by atoms with Gasteiger partial charge >= 0.3 is 0 Å². The smallest absolute Gasteiger partial charge is 0.133 e. The van der Waals surface area contributed by atoms with Crippen LogP contribution in [0.4, 0.5) is 0 Å². The molecule has 1 aliphatic heterocycles. The number of hydrogen-bond acceptors (Lipinski definition) is 5. The lowest BCUT2D eigenvalue weighted by Crippen LogP contribution is -2.03. The van der Waals surface area contributed by atoms with Gasteiger partial charge in [-0.1, -0.05) is 52.4 Å². The molecule has 9 heteroatoms. The zero-order valence-electron chi connectivity index (χ0n) is 15.7. The highest BCUT2D eigenvalue weighted by molar-refractivity contribution is 6.30. The van der Waals surface area contributed by atoms with Gasteiger partial charge in [-0.3, -0.25) is 4.57 Å². The van der Waals surface area contributed by atoms with E-state index in [9.17, 15) is 0 Å². The van der Waals surface area contributed by atoms with E-state index in [1.165, 1.54) is 5.56 Å². The molecule has 5 aromatic rings. The van der Waals surface area contributed by atoms with E-state index in [2.05, 4.69) is 42.3 Å². The van der Waals surface area contributed by atoms with E-state index in [0.717, 1.165) is 34.2 Å². The number of imidazole rings is 1. The Morgan fingerprint density at radius 3 is 2.80 bits per heavy atom. The number of benzene rings is 2. The van der Waals surface area contributed by atoms with E-state index in [0.29, 0.717) is 18.0 Å². The molecule has 0 saturated heterocycles. The molecular formula is C21H15ClN8. The summed E-state index contributed by atoms with van der Waals surface area (Å²) < 4.78 is 5.71. The maximum Gasteiger partial charge on any atom is 0.133 e. The van der Waals surface area contributed by atoms with Crippen LogP contribution in [0.1, 0.15) is 17.0 Å². The minimum absolute atomic E-state index is 0.611. The van der Waals surface area contributed by atoms with Crippen LogP contribution in [0.25, 0.3) is 22.8 Å². The summed E-state index contributed by atoms with van der Waals surface area (Å²) in [7, 11) is 0. The second-order valence-corrected chi connectivity index (χ2v) is 7.58. The van der Waals surface area contributed by atoms with E-state index >= 15 is 0 Å². The minimum Gasteiger partial charge on any atom is -0.300 e. The molecule has 0 spiro atoms. The fourth-order valence-corrected chi connectivity index (χ4v) is 4.01. The normalized spacial score (nSPS) is 12.2. The third kappa shape index (κ3) is 2.73. The first kappa shape index (κ1) is 17.1. The second-order valence-electron chi connectivity index (χ2n) is 7.14. The van der Waals surface area contributed by atoms with Crippen LogP contribution in [0.15, 0.2) is 67.3 Å². The van der Waals surface area contributed by atoms with Crippen molar-refractivity contribution in [2.45, 2.75) is 13.0 Å². The Kier molecular flexibility index (Phi) is 3.78. The van der Waals surface area contributed by atoms with Crippen LogP contribution >= 0.6 is 11.6 Å². The third-order valence-corrected chi connectivity index (χ3v) is 5.46. The molecule has 0 atom stereocenters. The Labute approximate surface area is 176 Å². The van der Waals surface area contributed by atoms with Crippen LogP contribution in [-0.2, 0) is 13.0 Å². The summed E-state index contributed by atoms with van der Waals surface area (Å²) >= 11 is 6.25. The number of nitrogens with zero attached hydrogens (tertiary/aromatic N) is 8. The quantitative estimate of drug-likeness (QED) is 0.444. The Morgan fingerprint density at radius 2 is 1.90 bits per heavy atom. The van der Waals surface area contributed by atoms with Gasteiger partial charge in [0.1, 0.15) is 17.7 Å². The Hall–Kier alpha value is -3.78. The molecule has 30 heavy (non-hydrogen) atoms. The van der Waals surface area contributed by atoms with Gasteiger partial charge in [0.05, 0.1) is 41.7 Å². The summed E-state index contributed by atoms with van der Waals surface area (Å²) in [5.74, 6) is 0. The fraction of sp³-hybridized carbons (Fsp3) is 0.0952. The molecule has 0 amide bonds. The fourth-order valence-electron chi connectivity index (χ4n) is 3.84. The average Bonchev–Trinajstić information content (AvgIpc) is 3.48. The van der Waals surface area contributed by atoms with E-state index < -0.39 is 0 Å². The molecule has 2 aromatic carbocycles. The molecule has 6 rings (SSSR count). The van der Waals surface area contributed by atoms with E-state index in [4.69, 9.17) is 11.6 Å². The van der Waals surface area contributed by atoms with Crippen LogP contribution < -0.4 is 0 Å². The number of hydrogen-bond donors (Lipinski definition) is 0. The van der Waals surface area contributed by atoms with Crippen LogP contribution in [-0.4, -0.2) is 39.5 Å². The van der Waals surface area contributed by atoms with E-state index in [1.54, 1.807) is 6.20 Å². The molecule has 1 aliphatic rings. The monoisotopic (exact) mass is 414 g/mol. The lowest BCUT2D eigenvalue weighted by atomic mass is 10.1. The number of aromatic nitrogens is 8. The predicted octanol–water partition coefficient (Wildman–Crippen LogP) is 3.32. The first-order chi connectivity index (χ1) is 14.8. The van der Waals surface area contributed by atoms with Crippen LogP contribution in [0.2, 0.25) is 5.02 Å². The predicted molar refractivity (Wildman–Crippen MR) is 111 cm³/mol. The Bertz CT molecular complexity index is 1360. The number of fused-ring (bicyclic) bond motifs is 5. The van der Waals surface area contributed by atoms with Gasteiger partial charge in [0.2, 0.25) is 0 Å². The van der Waals surface area contributed by atoms with E-state index in [1.807, 2.05) is 58.3 Å². The maximum absolute atomic E-state index is 6.25. The molecule has 0 aliphatic carbocycles. The SMILES string of the molecule is Clc1ccc2c(c1)-n1nncc1Cc1c(-c3cn(Cc4ccccc4)nn3)ncn1-2. The minimum atomic E-state index is 0.611. The largest absolute Gasteiger partial charge is 0.300 e. The third-order valence-electron chi connectivity index (χ3n) is 5.23. The summed E-state index contributed by atoms with van der Waals surface area (Å²) in [5.41, 5.74) is 6.46. The lowest BCUT2D eigenvalue weighted by molar-refractivity contribution is 0.650. The summed E-state index contributed by atoms with van der Waals surface area (Å²) in [6, 6.07) is 15.9. The van der Waals surface area contributed by atoms with Crippen molar-refractivity contribution in [1.82, 2.24) is 39.5 Å². The summed E-state index contributed by atoms with van der Waals surface area (Å²) in [6.45, 7) is 0.655. The molecule has 0 radical (unpaired) electrons. The number of halogens is 1. The highest BCUT2D eigenvalue weighted by Crippen LogP contribution is 2.33. The van der Waals surface area contributed by atoms with Crippen molar-refractivity contribution in [3.8, 4) is 22.8 Å². The van der Waals surface area contributed by atoms with Gasteiger partial charge < -0.3 is 0 Å². The maximum atomic E-state index is 6.25. The molecule has 3 aromatic heterocycles. The number of rotatable bonds is 3. The van der Waals surface area contributed by atoms with Crippen LogP contribution in [0.5, 0.6) is 0 Å². The molecule has 146 valence electrons. The zero-order chi connectivity index (χ0) is 20.1. The summed E-state index contributed by atoms with van der Waals surface area (Å²) in [6.07, 6.45) is 6.12. The van der Waals surface area contributed by atoms with Gasteiger partial charge in [-0.2, -0.15) is 0 Å². The van der Waals surface area contributed by atoms with E-state index in [-0.39, 0.29) is 0 Å². The first-order valence-electron chi connectivity index (χ1n) is 9.47. The molecule has 8 nitrogen and oxygen atoms in total. The van der Waals surface area contributed by atoms with Crippen molar-refractivity contribution < 1.29 is 0 Å². The highest BCUT2D eigenvalue weighted by atomic mass is 35.5. The molecule has 0 bridgehead atoms. The molecule has 0 N–H and O–H groups in total. The van der Waals surface area contributed by atoms with Crippen LogP contribution in [0, 0.1) is 0 Å². The standard InChI is InChI=1S/C21H15ClN8/c22-15-6-7-18-19(8-15)30-16(10-24-26-30)9-20-21(23-13-29(18)20)17-12-28(27-25-17)11-14-4-2-1-3-5-14/h1-8,10,12-13H,9,11H2. The van der Waals surface area contributed by atoms with Gasteiger partial charge in [-0.15, -0.1) is 10.2 Å². The molecule has 0 saturated carbocycles. The summed E-state index contributed by atoms with van der Waals surface area (Å²) in [4.78, 5) is 4.67. The van der Waals surface area contributed by atoms with Gasteiger partial charge in [-0.05, 0) is 23.8 Å². The van der Waals surface area contributed by atoms with Gasteiger partial charge in [-0.25, -0.2) is 14.3 Å². The Balaban J connectivity index is 1.45. The topological polar surface area (TPSA) is 79.2 Å². The van der Waals surface area contributed by atoms with Crippen molar-refractivity contribution in [1.29, 1.82) is 0 Å². The van der Waals surface area contributed by atoms with Gasteiger partial charge in [0.25, 0.3) is 0 Å². The summed E-state index contributed by atoms with van der Waals surface area (Å²) in [5, 5.41) is 17.7. The van der Waals surface area contributed by atoms with Crippen molar-refractivity contribution in [2.75, 3.05) is 0 Å². The molecular weight excluding hydrogens is 400 g/mol. The molecule has 4 heterocycles. The van der Waals surface area contributed by atoms with Crippen molar-refractivity contribution in [3.05, 3.63) is 89.2 Å². The zero-order valence-corrected chi connectivity index (χ0v) is 16.5. The first-order valence-corrected chi connectivity index (χ1v) is 9.84. The van der Waals surface area contributed by atoms with Crippen LogP contribution in [0.3, 0.4) is 0 Å². The van der Waals surface area contributed by atoms with Gasteiger partial charge in [0.15, 0.2) is 0 Å². The van der Waals surface area contributed by atoms with Gasteiger partial charge in [0, 0.05) is 11.4 Å². The van der Waals surface area contributed by atoms with Crippen molar-refractivity contribution in [3.63, 3.8) is 0 Å².